The van der Waals surface area contributed by atoms with Crippen molar-refractivity contribution in [2.24, 2.45) is 0 Å². The van der Waals surface area contributed by atoms with Crippen molar-refractivity contribution in [1.82, 2.24) is 20.5 Å². The summed E-state index contributed by atoms with van der Waals surface area (Å²) in [6, 6.07) is 7.34. The van der Waals surface area contributed by atoms with Gasteiger partial charge >= 0.3 is 6.47 Å². The lowest BCUT2D eigenvalue weighted by Gasteiger charge is -2.22. The second-order valence-corrected chi connectivity index (χ2v) is 7.64. The number of hydrazine groups is 1. The van der Waals surface area contributed by atoms with Crippen LogP contribution in [-0.2, 0) is 16.2 Å². The van der Waals surface area contributed by atoms with E-state index in [2.05, 4.69) is 33.8 Å². The number of carbonyl (C=O) groups excluding carboxylic acids is 2. The van der Waals surface area contributed by atoms with Crippen LogP contribution < -0.4 is 20.5 Å². The summed E-state index contributed by atoms with van der Waals surface area (Å²) in [5.74, 6) is 0.384. The number of aromatic nitrogens is 2. The Kier molecular flexibility index (Phi) is 6.33. The van der Waals surface area contributed by atoms with Crippen LogP contribution in [0.25, 0.3) is 5.57 Å². The minimum absolute atomic E-state index is 0.295. The molecule has 0 saturated heterocycles. The van der Waals surface area contributed by atoms with Crippen molar-refractivity contribution in [3.63, 3.8) is 0 Å². The van der Waals surface area contributed by atoms with Gasteiger partial charge in [0.25, 0.3) is 5.91 Å². The number of rotatable bonds is 7. The monoisotopic (exact) mass is 438 g/mol. The van der Waals surface area contributed by atoms with Gasteiger partial charge in [-0.2, -0.15) is 5.01 Å². The number of benzene rings is 1. The molecule has 1 aromatic carbocycles. The Hall–Kier alpha value is -3.50. The molecule has 2 aromatic rings. The predicted molar refractivity (Wildman–Crippen MR) is 119 cm³/mol. The van der Waals surface area contributed by atoms with Gasteiger partial charge in [-0.25, -0.2) is 0 Å². The summed E-state index contributed by atoms with van der Waals surface area (Å²) >= 11 is 0. The van der Waals surface area contributed by atoms with Gasteiger partial charge in [-0.15, -0.1) is 15.4 Å². The average Bonchev–Trinajstić information content (AvgIpc) is 3.08. The van der Waals surface area contributed by atoms with Crippen LogP contribution in [0.3, 0.4) is 0 Å². The van der Waals surface area contributed by atoms with Crippen LogP contribution in [0.2, 0.25) is 0 Å². The van der Waals surface area contributed by atoms with Gasteiger partial charge in [-0.1, -0.05) is 6.08 Å². The smallest absolute Gasteiger partial charge is 0.322 e. The zero-order valence-electron chi connectivity index (χ0n) is 18.3. The van der Waals surface area contributed by atoms with Crippen molar-refractivity contribution in [3.05, 3.63) is 47.2 Å². The van der Waals surface area contributed by atoms with Gasteiger partial charge in [-0.05, 0) is 56.1 Å². The topological polar surface area (TPSA) is 109 Å². The molecule has 0 unspecified atom stereocenters. The van der Waals surface area contributed by atoms with E-state index in [0.717, 1.165) is 29.8 Å². The summed E-state index contributed by atoms with van der Waals surface area (Å²) < 4.78 is 5.69. The lowest BCUT2D eigenvalue weighted by molar-refractivity contribution is -0.135. The quantitative estimate of drug-likeness (QED) is 0.629. The Morgan fingerprint density at radius 1 is 1.34 bits per heavy atom. The Balaban J connectivity index is 1.55. The van der Waals surface area contributed by atoms with Crippen molar-refractivity contribution < 1.29 is 19.2 Å². The fourth-order valence-corrected chi connectivity index (χ4v) is 3.89. The molecule has 1 aromatic heterocycles. The van der Waals surface area contributed by atoms with E-state index in [1.807, 2.05) is 13.0 Å². The van der Waals surface area contributed by atoms with E-state index in [-0.39, 0.29) is 5.91 Å². The van der Waals surface area contributed by atoms with E-state index in [0.29, 0.717) is 48.5 Å². The first kappa shape index (κ1) is 21.7. The highest BCUT2D eigenvalue weighted by atomic mass is 16.7. The number of ether oxygens (including phenoxy) is 1. The first-order chi connectivity index (χ1) is 15.5. The number of amides is 1. The summed E-state index contributed by atoms with van der Waals surface area (Å²) in [5.41, 5.74) is 3.80. The molecule has 10 heteroatoms. The van der Waals surface area contributed by atoms with Crippen molar-refractivity contribution >= 4 is 29.5 Å². The highest BCUT2D eigenvalue weighted by Gasteiger charge is 2.29. The van der Waals surface area contributed by atoms with Gasteiger partial charge < -0.3 is 20.2 Å². The van der Waals surface area contributed by atoms with Gasteiger partial charge in [0, 0.05) is 25.7 Å². The standard InChI is InChI=1S/C22H26N6O4/c1-4-31-20-11-19-16(12-27(3)28(19)32-13-29)10-17(20)22(30)24-21-6-5-18(25-26-21)15-7-8-23-14(2)9-15/h5-6,9-11,13-14,23H,4,7-8,12H2,1-3H3,(H,24,26,30)/t14-/m1/s1. The molecule has 2 aliphatic heterocycles. The van der Waals surface area contributed by atoms with Crippen LogP contribution in [0.4, 0.5) is 11.5 Å². The second-order valence-electron chi connectivity index (χ2n) is 7.64. The Morgan fingerprint density at radius 2 is 2.19 bits per heavy atom. The lowest BCUT2D eigenvalue weighted by atomic mass is 10.0. The number of hydrogen-bond acceptors (Lipinski definition) is 9. The maximum atomic E-state index is 13.0. The SMILES string of the molecule is CCOc1cc2c(cc1C(=O)Nc1ccc(C3=C[C@@H](C)NCC3)nn1)CN(C)N2OC=O. The molecular weight excluding hydrogens is 412 g/mol. The Labute approximate surface area is 186 Å². The fourth-order valence-electron chi connectivity index (χ4n) is 3.89. The minimum atomic E-state index is -0.356. The van der Waals surface area contributed by atoms with Gasteiger partial charge in [0.2, 0.25) is 0 Å². The molecule has 168 valence electrons. The van der Waals surface area contributed by atoms with Crippen molar-refractivity contribution in [2.75, 3.05) is 30.7 Å². The molecule has 32 heavy (non-hydrogen) atoms. The third kappa shape index (κ3) is 4.41. The van der Waals surface area contributed by atoms with Crippen molar-refractivity contribution in [1.29, 1.82) is 0 Å². The van der Waals surface area contributed by atoms with E-state index < -0.39 is 0 Å². The highest BCUT2D eigenvalue weighted by Crippen LogP contribution is 2.36. The van der Waals surface area contributed by atoms with Gasteiger partial charge in [0.15, 0.2) is 5.82 Å². The molecule has 2 aliphatic rings. The molecule has 1 atom stereocenters. The summed E-state index contributed by atoms with van der Waals surface area (Å²) in [5, 5.41) is 17.7. The molecule has 0 aliphatic carbocycles. The number of nitrogens with zero attached hydrogens (tertiary/aromatic N) is 4. The molecule has 0 radical (unpaired) electrons. The predicted octanol–water partition coefficient (Wildman–Crippen LogP) is 2.15. The summed E-state index contributed by atoms with van der Waals surface area (Å²) in [7, 11) is 1.78. The molecule has 2 N–H and O–H groups in total. The third-order valence-corrected chi connectivity index (χ3v) is 5.33. The number of anilines is 2. The fraction of sp³-hybridized carbons (Fsp3) is 0.364. The number of carbonyl (C=O) groups is 2. The van der Waals surface area contributed by atoms with E-state index in [4.69, 9.17) is 9.57 Å². The molecule has 0 fully saturated rings. The average molecular weight is 438 g/mol. The van der Waals surface area contributed by atoms with Crippen LogP contribution in [0.5, 0.6) is 5.75 Å². The second kappa shape index (κ2) is 9.33. The number of fused-ring (bicyclic) bond motifs is 1. The summed E-state index contributed by atoms with van der Waals surface area (Å²) in [6.07, 6.45) is 3.02. The molecule has 1 amide bonds. The summed E-state index contributed by atoms with van der Waals surface area (Å²) in [4.78, 5) is 28.9. The van der Waals surface area contributed by atoms with Crippen LogP contribution in [0.15, 0.2) is 30.3 Å². The summed E-state index contributed by atoms with van der Waals surface area (Å²) in [6.45, 7) is 6.04. The Morgan fingerprint density at radius 3 is 2.88 bits per heavy atom. The zero-order chi connectivity index (χ0) is 22.7. The van der Waals surface area contributed by atoms with E-state index in [9.17, 15) is 9.59 Å². The largest absolute Gasteiger partial charge is 0.493 e. The number of hydrogen-bond donors (Lipinski definition) is 2. The van der Waals surface area contributed by atoms with Gasteiger partial charge in [0.1, 0.15) is 11.4 Å². The minimum Gasteiger partial charge on any atom is -0.493 e. The first-order valence-electron chi connectivity index (χ1n) is 10.5. The normalized spacial score (nSPS) is 18.0. The van der Waals surface area contributed by atoms with E-state index >= 15 is 0 Å². The number of nitrogens with one attached hydrogen (secondary N) is 2. The highest BCUT2D eigenvalue weighted by molar-refractivity contribution is 6.06. The van der Waals surface area contributed by atoms with Crippen molar-refractivity contribution in [2.45, 2.75) is 32.9 Å². The molecule has 0 spiro atoms. The first-order valence-corrected chi connectivity index (χ1v) is 10.5. The van der Waals surface area contributed by atoms with Crippen LogP contribution in [0, 0.1) is 0 Å². The molecule has 0 bridgehead atoms. The maximum absolute atomic E-state index is 13.0. The molecule has 3 heterocycles. The van der Waals surface area contributed by atoms with Gasteiger partial charge in [0.05, 0.1) is 17.9 Å². The molecule has 4 rings (SSSR count). The van der Waals surface area contributed by atoms with E-state index in [1.54, 1.807) is 30.3 Å². The van der Waals surface area contributed by atoms with Crippen molar-refractivity contribution in [3.8, 4) is 5.75 Å². The Bertz CT molecular complexity index is 1040. The van der Waals surface area contributed by atoms with Crippen LogP contribution >= 0.6 is 0 Å². The third-order valence-electron chi connectivity index (χ3n) is 5.33. The van der Waals surface area contributed by atoms with E-state index in [1.165, 1.54) is 5.17 Å². The molecular formula is C22H26N6O4. The molecule has 10 nitrogen and oxygen atoms in total. The lowest BCUT2D eigenvalue weighted by Crippen LogP contribution is -2.33. The zero-order valence-corrected chi connectivity index (χ0v) is 18.3. The van der Waals surface area contributed by atoms with Gasteiger partial charge in [-0.3, -0.25) is 9.59 Å². The van der Waals surface area contributed by atoms with Crippen LogP contribution in [0.1, 0.15) is 41.9 Å². The molecule has 0 saturated carbocycles. The maximum Gasteiger partial charge on any atom is 0.322 e. The van der Waals surface area contributed by atoms with Crippen LogP contribution in [-0.4, -0.2) is 53.8 Å².